The van der Waals surface area contributed by atoms with Gasteiger partial charge >= 0.3 is 0 Å². The van der Waals surface area contributed by atoms with Gasteiger partial charge in [0.25, 0.3) is 0 Å². The average molecular weight is 445 g/mol. The van der Waals surface area contributed by atoms with Crippen molar-refractivity contribution >= 4 is 29.9 Å². The van der Waals surface area contributed by atoms with E-state index in [0.717, 1.165) is 38.7 Å². The van der Waals surface area contributed by atoms with Crippen LogP contribution in [0.2, 0.25) is 0 Å². The van der Waals surface area contributed by atoms with Gasteiger partial charge in [0.1, 0.15) is 0 Å². The van der Waals surface area contributed by atoms with E-state index in [1.165, 1.54) is 31.2 Å². The number of nitrogens with zero attached hydrogens (tertiary/aromatic N) is 1. The molecule has 0 radical (unpaired) electrons. The lowest BCUT2D eigenvalue weighted by molar-refractivity contribution is 0.145. The van der Waals surface area contributed by atoms with Crippen molar-refractivity contribution in [2.45, 2.75) is 44.4 Å². The Morgan fingerprint density at radius 2 is 1.88 bits per heavy atom. The van der Waals surface area contributed by atoms with Crippen LogP contribution in [0.15, 0.2) is 35.3 Å². The lowest BCUT2D eigenvalue weighted by Gasteiger charge is -2.30. The molecule has 136 valence electrons. The van der Waals surface area contributed by atoms with Gasteiger partial charge in [-0.3, -0.25) is 4.99 Å². The predicted octanol–water partition coefficient (Wildman–Crippen LogP) is 3.71. The Bertz CT molecular complexity index is 473. The van der Waals surface area contributed by atoms with Crippen LogP contribution in [0.3, 0.4) is 0 Å². The van der Waals surface area contributed by atoms with Crippen LogP contribution in [-0.4, -0.2) is 39.3 Å². The first-order valence-electron chi connectivity index (χ1n) is 8.88. The molecule has 24 heavy (non-hydrogen) atoms. The van der Waals surface area contributed by atoms with E-state index in [2.05, 4.69) is 46.0 Å². The van der Waals surface area contributed by atoms with E-state index < -0.39 is 0 Å². The quantitative estimate of drug-likeness (QED) is 0.278. The maximum Gasteiger partial charge on any atom is 0.191 e. The van der Waals surface area contributed by atoms with Crippen LogP contribution in [0.4, 0.5) is 0 Å². The monoisotopic (exact) mass is 445 g/mol. The fourth-order valence-corrected chi connectivity index (χ4v) is 3.41. The van der Waals surface area contributed by atoms with Crippen LogP contribution in [0.25, 0.3) is 0 Å². The maximum absolute atomic E-state index is 5.36. The van der Waals surface area contributed by atoms with Crippen molar-refractivity contribution in [2.75, 3.05) is 33.4 Å². The Morgan fingerprint density at radius 3 is 2.50 bits per heavy atom. The fraction of sp³-hybridized carbons (Fsp3) is 0.632. The summed E-state index contributed by atoms with van der Waals surface area (Å²) in [6.45, 7) is 5.44. The molecule has 1 aromatic carbocycles. The van der Waals surface area contributed by atoms with Gasteiger partial charge in [-0.25, -0.2) is 0 Å². The van der Waals surface area contributed by atoms with Gasteiger partial charge in [-0.15, -0.1) is 24.0 Å². The summed E-state index contributed by atoms with van der Waals surface area (Å²) in [5, 5.41) is 6.92. The minimum Gasteiger partial charge on any atom is -0.382 e. The molecule has 1 aliphatic rings. The zero-order valence-electron chi connectivity index (χ0n) is 15.0. The SMILES string of the molecule is CCOCCCNC(=NC)NCC1(c2ccccc2)CCCC1.I. The second-order valence-electron chi connectivity index (χ2n) is 6.26. The number of hydrogen-bond donors (Lipinski definition) is 2. The molecule has 0 saturated heterocycles. The molecule has 0 bridgehead atoms. The van der Waals surface area contributed by atoms with Crippen molar-refractivity contribution in [3.8, 4) is 0 Å². The van der Waals surface area contributed by atoms with Crippen LogP contribution in [0.5, 0.6) is 0 Å². The highest BCUT2D eigenvalue weighted by Crippen LogP contribution is 2.40. The molecule has 0 heterocycles. The molecule has 0 spiro atoms. The summed E-state index contributed by atoms with van der Waals surface area (Å²) in [4.78, 5) is 4.35. The molecule has 1 fully saturated rings. The third-order valence-corrected chi connectivity index (χ3v) is 4.73. The van der Waals surface area contributed by atoms with Gasteiger partial charge in [-0.05, 0) is 31.7 Å². The Hall–Kier alpha value is -0.820. The summed E-state index contributed by atoms with van der Waals surface area (Å²) in [5.41, 5.74) is 1.71. The van der Waals surface area contributed by atoms with Gasteiger partial charge < -0.3 is 15.4 Å². The third kappa shape index (κ3) is 6.24. The van der Waals surface area contributed by atoms with Crippen molar-refractivity contribution in [1.29, 1.82) is 0 Å². The number of ether oxygens (including phenoxy) is 1. The predicted molar refractivity (Wildman–Crippen MR) is 112 cm³/mol. The minimum absolute atomic E-state index is 0. The highest BCUT2D eigenvalue weighted by atomic mass is 127. The molecule has 0 aliphatic heterocycles. The van der Waals surface area contributed by atoms with Crippen molar-refractivity contribution in [2.24, 2.45) is 4.99 Å². The molecule has 1 aliphatic carbocycles. The average Bonchev–Trinajstić information content (AvgIpc) is 3.08. The molecule has 5 heteroatoms. The first-order chi connectivity index (χ1) is 11.3. The molecular weight excluding hydrogens is 413 g/mol. The van der Waals surface area contributed by atoms with Gasteiger partial charge in [-0.1, -0.05) is 43.2 Å². The van der Waals surface area contributed by atoms with Gasteiger partial charge in [0.2, 0.25) is 0 Å². The Morgan fingerprint density at radius 1 is 1.17 bits per heavy atom. The van der Waals surface area contributed by atoms with E-state index in [9.17, 15) is 0 Å². The molecule has 0 aromatic heterocycles. The van der Waals surface area contributed by atoms with Crippen LogP contribution in [-0.2, 0) is 10.2 Å². The summed E-state index contributed by atoms with van der Waals surface area (Å²) >= 11 is 0. The van der Waals surface area contributed by atoms with E-state index in [1.54, 1.807) is 0 Å². The number of nitrogens with one attached hydrogen (secondary N) is 2. The molecule has 1 aromatic rings. The topological polar surface area (TPSA) is 45.6 Å². The lowest BCUT2D eigenvalue weighted by Crippen LogP contribution is -2.45. The van der Waals surface area contributed by atoms with Crippen LogP contribution >= 0.6 is 24.0 Å². The van der Waals surface area contributed by atoms with Gasteiger partial charge in [-0.2, -0.15) is 0 Å². The van der Waals surface area contributed by atoms with E-state index in [4.69, 9.17) is 4.74 Å². The summed E-state index contributed by atoms with van der Waals surface area (Å²) < 4.78 is 5.36. The Kier molecular flexibility index (Phi) is 10.3. The van der Waals surface area contributed by atoms with Crippen molar-refractivity contribution < 1.29 is 4.74 Å². The van der Waals surface area contributed by atoms with Gasteiger partial charge in [0.15, 0.2) is 5.96 Å². The van der Waals surface area contributed by atoms with E-state index in [1.807, 2.05) is 14.0 Å². The number of rotatable bonds is 8. The highest BCUT2D eigenvalue weighted by molar-refractivity contribution is 14.0. The van der Waals surface area contributed by atoms with E-state index in [-0.39, 0.29) is 29.4 Å². The van der Waals surface area contributed by atoms with Gasteiger partial charge in [0, 0.05) is 38.8 Å². The van der Waals surface area contributed by atoms with Crippen LogP contribution in [0, 0.1) is 0 Å². The largest absolute Gasteiger partial charge is 0.382 e. The lowest BCUT2D eigenvalue weighted by atomic mass is 9.79. The second kappa shape index (κ2) is 11.7. The molecule has 2 N–H and O–H groups in total. The number of aliphatic imine (C=N–C) groups is 1. The number of hydrogen-bond acceptors (Lipinski definition) is 2. The van der Waals surface area contributed by atoms with Crippen LogP contribution in [0.1, 0.15) is 44.6 Å². The molecule has 2 rings (SSSR count). The van der Waals surface area contributed by atoms with Gasteiger partial charge in [0.05, 0.1) is 0 Å². The molecule has 0 amide bonds. The van der Waals surface area contributed by atoms with Crippen molar-refractivity contribution in [3.05, 3.63) is 35.9 Å². The number of guanidine groups is 1. The molecule has 0 unspecified atom stereocenters. The molecule has 0 atom stereocenters. The van der Waals surface area contributed by atoms with E-state index >= 15 is 0 Å². The fourth-order valence-electron chi connectivity index (χ4n) is 3.41. The number of halogens is 1. The maximum atomic E-state index is 5.36. The third-order valence-electron chi connectivity index (χ3n) is 4.73. The first-order valence-corrected chi connectivity index (χ1v) is 8.88. The number of benzene rings is 1. The zero-order chi connectivity index (χ0) is 16.4. The Labute approximate surface area is 163 Å². The molecule has 1 saturated carbocycles. The highest BCUT2D eigenvalue weighted by Gasteiger charge is 2.35. The van der Waals surface area contributed by atoms with E-state index in [0.29, 0.717) is 0 Å². The summed E-state index contributed by atoms with van der Waals surface area (Å²) in [5.74, 6) is 0.892. The summed E-state index contributed by atoms with van der Waals surface area (Å²) in [6, 6.07) is 10.9. The molecular formula is C19H32IN3O. The second-order valence-corrected chi connectivity index (χ2v) is 6.26. The Balaban J connectivity index is 0.00000288. The minimum atomic E-state index is 0. The smallest absolute Gasteiger partial charge is 0.191 e. The zero-order valence-corrected chi connectivity index (χ0v) is 17.3. The summed E-state index contributed by atoms with van der Waals surface area (Å²) in [6.07, 6.45) is 6.14. The van der Waals surface area contributed by atoms with Crippen LogP contribution < -0.4 is 10.6 Å². The first kappa shape index (κ1) is 21.2. The van der Waals surface area contributed by atoms with Crippen molar-refractivity contribution in [3.63, 3.8) is 0 Å². The summed E-state index contributed by atoms with van der Waals surface area (Å²) in [7, 11) is 1.84. The normalized spacial score (nSPS) is 16.5. The van der Waals surface area contributed by atoms with Crippen molar-refractivity contribution in [1.82, 2.24) is 10.6 Å². The molecule has 4 nitrogen and oxygen atoms in total. The standard InChI is InChI=1S/C19H31N3O.HI/c1-3-23-15-9-14-21-18(20-2)22-16-19(12-7-8-13-19)17-10-5-4-6-11-17;/h4-6,10-11H,3,7-9,12-16H2,1-2H3,(H2,20,21,22);1H.